The summed E-state index contributed by atoms with van der Waals surface area (Å²) < 4.78 is 0. The highest BCUT2D eigenvalue weighted by molar-refractivity contribution is 6.13. The molecule has 0 amide bonds. The first-order valence-corrected chi connectivity index (χ1v) is 9.28. The molecule has 0 spiro atoms. The summed E-state index contributed by atoms with van der Waals surface area (Å²) in [5.41, 5.74) is 0. The van der Waals surface area contributed by atoms with Crippen molar-refractivity contribution in [2.75, 3.05) is 6.54 Å². The fourth-order valence-corrected chi connectivity index (χ4v) is 2.57. The van der Waals surface area contributed by atoms with Crippen molar-refractivity contribution in [3.63, 3.8) is 0 Å². The molecule has 0 aliphatic rings. The Morgan fingerprint density at radius 3 is 1.60 bits per heavy atom. The Morgan fingerprint density at radius 2 is 1.10 bits per heavy atom. The van der Waals surface area contributed by atoms with Crippen molar-refractivity contribution in [3.8, 4) is 0 Å². The summed E-state index contributed by atoms with van der Waals surface area (Å²) in [4.78, 5) is 2.68. The molecule has 0 aromatic carbocycles. The van der Waals surface area contributed by atoms with Crippen molar-refractivity contribution in [2.45, 2.75) is 96.8 Å². The molecular formula is C18H36ClN. The molecule has 0 aromatic heterocycles. The van der Waals surface area contributed by atoms with Crippen molar-refractivity contribution in [1.82, 2.24) is 4.84 Å². The SMILES string of the molecule is CCCCCCCC/C=C\CCCCCCCCNCl. The van der Waals surface area contributed by atoms with Crippen LogP contribution in [0.1, 0.15) is 96.8 Å². The fourth-order valence-electron chi connectivity index (χ4n) is 2.44. The number of hydrogen-bond acceptors (Lipinski definition) is 1. The molecule has 0 aliphatic carbocycles. The molecule has 0 atom stereocenters. The molecule has 0 aliphatic heterocycles. The van der Waals surface area contributed by atoms with E-state index in [1.165, 1.54) is 89.9 Å². The summed E-state index contributed by atoms with van der Waals surface area (Å²) in [7, 11) is 0. The molecular weight excluding hydrogens is 266 g/mol. The van der Waals surface area contributed by atoms with Crippen LogP contribution >= 0.6 is 11.8 Å². The third-order valence-corrected chi connectivity index (χ3v) is 3.97. The number of rotatable bonds is 16. The Labute approximate surface area is 132 Å². The molecule has 1 N–H and O–H groups in total. The van der Waals surface area contributed by atoms with Gasteiger partial charge in [-0.1, -0.05) is 76.9 Å². The van der Waals surface area contributed by atoms with Gasteiger partial charge >= 0.3 is 0 Å². The maximum absolute atomic E-state index is 5.41. The molecule has 0 fully saturated rings. The Hall–Kier alpha value is -0.0100. The second kappa shape index (κ2) is 19.0. The summed E-state index contributed by atoms with van der Waals surface area (Å²) in [5.74, 6) is 0. The van der Waals surface area contributed by atoms with E-state index in [-0.39, 0.29) is 0 Å². The summed E-state index contributed by atoms with van der Waals surface area (Å²) in [6.07, 6.45) is 23.8. The highest BCUT2D eigenvalue weighted by Gasteiger charge is 1.91. The molecule has 0 saturated carbocycles. The summed E-state index contributed by atoms with van der Waals surface area (Å²) in [5, 5.41) is 0. The molecule has 20 heavy (non-hydrogen) atoms. The summed E-state index contributed by atoms with van der Waals surface area (Å²) in [6.45, 7) is 3.22. The quantitative estimate of drug-likeness (QED) is 0.188. The number of halogens is 1. The van der Waals surface area contributed by atoms with Crippen LogP contribution in [0.25, 0.3) is 0 Å². The van der Waals surface area contributed by atoms with Crippen molar-refractivity contribution < 1.29 is 0 Å². The summed E-state index contributed by atoms with van der Waals surface area (Å²) >= 11 is 5.41. The van der Waals surface area contributed by atoms with Gasteiger partial charge in [-0.15, -0.1) is 0 Å². The van der Waals surface area contributed by atoms with Gasteiger partial charge in [0.25, 0.3) is 0 Å². The molecule has 0 saturated heterocycles. The van der Waals surface area contributed by atoms with Crippen molar-refractivity contribution >= 4 is 11.8 Å². The first-order chi connectivity index (χ1) is 9.91. The average molecular weight is 302 g/mol. The van der Waals surface area contributed by atoms with Crippen molar-refractivity contribution in [1.29, 1.82) is 0 Å². The van der Waals surface area contributed by atoms with Gasteiger partial charge in [-0.2, -0.15) is 0 Å². The molecule has 0 unspecified atom stereocenters. The second-order valence-electron chi connectivity index (χ2n) is 5.82. The van der Waals surface area contributed by atoms with Gasteiger partial charge in [0.05, 0.1) is 0 Å². The van der Waals surface area contributed by atoms with Crippen LogP contribution in [0, 0.1) is 0 Å². The molecule has 1 nitrogen and oxygen atoms in total. The van der Waals surface area contributed by atoms with E-state index in [9.17, 15) is 0 Å². The molecule has 0 aromatic rings. The van der Waals surface area contributed by atoms with Gasteiger partial charge in [-0.25, -0.2) is 4.84 Å². The summed E-state index contributed by atoms with van der Waals surface area (Å²) in [6, 6.07) is 0. The minimum Gasteiger partial charge on any atom is -0.234 e. The molecule has 0 radical (unpaired) electrons. The Bertz CT molecular complexity index is 192. The van der Waals surface area contributed by atoms with E-state index in [4.69, 9.17) is 11.8 Å². The predicted octanol–water partition coefficient (Wildman–Crippen LogP) is 6.77. The Balaban J connectivity index is 3.01. The monoisotopic (exact) mass is 301 g/mol. The third-order valence-electron chi connectivity index (χ3n) is 3.78. The van der Waals surface area contributed by atoms with Crippen molar-refractivity contribution in [3.05, 3.63) is 12.2 Å². The smallest absolute Gasteiger partial charge is 0.0108 e. The number of allylic oxidation sites excluding steroid dienone is 2. The van der Waals surface area contributed by atoms with Crippen LogP contribution in [0.5, 0.6) is 0 Å². The Morgan fingerprint density at radius 1 is 0.650 bits per heavy atom. The van der Waals surface area contributed by atoms with Gasteiger partial charge in [0.1, 0.15) is 0 Å². The topological polar surface area (TPSA) is 12.0 Å². The highest BCUT2D eigenvalue weighted by Crippen LogP contribution is 2.09. The Kier molecular flexibility index (Phi) is 19.0. The van der Waals surface area contributed by atoms with Gasteiger partial charge < -0.3 is 0 Å². The molecule has 0 heterocycles. The molecule has 0 rings (SSSR count). The van der Waals surface area contributed by atoms with Crippen LogP contribution in [0.15, 0.2) is 12.2 Å². The number of nitrogens with one attached hydrogen (secondary N) is 1. The minimum absolute atomic E-state index is 0.947. The zero-order valence-electron chi connectivity index (χ0n) is 13.6. The lowest BCUT2D eigenvalue weighted by molar-refractivity contribution is 0.594. The van der Waals surface area contributed by atoms with E-state index in [1.54, 1.807) is 0 Å². The lowest BCUT2D eigenvalue weighted by atomic mass is 10.1. The van der Waals surface area contributed by atoms with Crippen LogP contribution in [0.3, 0.4) is 0 Å². The van der Waals surface area contributed by atoms with E-state index < -0.39 is 0 Å². The zero-order chi connectivity index (χ0) is 14.7. The molecule has 120 valence electrons. The first-order valence-electron chi connectivity index (χ1n) is 8.90. The zero-order valence-corrected chi connectivity index (χ0v) is 14.4. The van der Waals surface area contributed by atoms with Crippen LogP contribution in [0.4, 0.5) is 0 Å². The van der Waals surface area contributed by atoms with Crippen LogP contribution in [0.2, 0.25) is 0 Å². The van der Waals surface area contributed by atoms with E-state index in [1.807, 2.05) is 0 Å². The molecule has 2 heteroatoms. The van der Waals surface area contributed by atoms with Gasteiger partial charge in [-0.3, -0.25) is 0 Å². The maximum Gasteiger partial charge on any atom is 0.0108 e. The van der Waals surface area contributed by atoms with Gasteiger partial charge in [0.2, 0.25) is 0 Å². The normalized spacial score (nSPS) is 11.5. The van der Waals surface area contributed by atoms with E-state index in [0.29, 0.717) is 0 Å². The standard InChI is InChI=1S/C18H36ClN/c1-2-3-4-5-6-7-8-9-10-11-12-13-14-15-16-17-18-20-19/h9-10,20H,2-8,11-18H2,1H3/b10-9-. The van der Waals surface area contributed by atoms with Gasteiger partial charge in [0.15, 0.2) is 0 Å². The predicted molar refractivity (Wildman–Crippen MR) is 93.3 cm³/mol. The lowest BCUT2D eigenvalue weighted by Crippen LogP contribution is -1.99. The lowest BCUT2D eigenvalue weighted by Gasteiger charge is -2.00. The second-order valence-corrected chi connectivity index (χ2v) is 6.09. The largest absolute Gasteiger partial charge is 0.234 e. The van der Waals surface area contributed by atoms with Crippen LogP contribution in [-0.2, 0) is 0 Å². The first kappa shape index (κ1) is 20.0. The third kappa shape index (κ3) is 18.0. The molecule has 0 bridgehead atoms. The highest BCUT2D eigenvalue weighted by atomic mass is 35.5. The number of unbranched alkanes of at least 4 members (excludes halogenated alkanes) is 12. The maximum atomic E-state index is 5.41. The average Bonchev–Trinajstić information content (AvgIpc) is 2.47. The van der Waals surface area contributed by atoms with E-state index >= 15 is 0 Å². The van der Waals surface area contributed by atoms with Crippen molar-refractivity contribution in [2.24, 2.45) is 0 Å². The van der Waals surface area contributed by atoms with E-state index in [0.717, 1.165) is 6.54 Å². The fraction of sp³-hybridized carbons (Fsp3) is 0.889. The van der Waals surface area contributed by atoms with Gasteiger partial charge in [0, 0.05) is 6.54 Å². The van der Waals surface area contributed by atoms with Crippen LogP contribution in [-0.4, -0.2) is 6.54 Å². The minimum atomic E-state index is 0.947. The van der Waals surface area contributed by atoms with Crippen LogP contribution < -0.4 is 4.84 Å². The van der Waals surface area contributed by atoms with E-state index in [2.05, 4.69) is 23.9 Å². The number of hydrogen-bond donors (Lipinski definition) is 1. The van der Waals surface area contributed by atoms with Gasteiger partial charge in [-0.05, 0) is 43.9 Å².